The minimum atomic E-state index is -0.986. The Balaban J connectivity index is 1.43. The van der Waals surface area contributed by atoms with Crippen molar-refractivity contribution < 1.29 is 23.9 Å². The molecule has 1 N–H and O–H groups in total. The van der Waals surface area contributed by atoms with Gasteiger partial charge in [-0.1, -0.05) is 41.4 Å². The highest BCUT2D eigenvalue weighted by Crippen LogP contribution is 2.59. The molecule has 190 valence electrons. The van der Waals surface area contributed by atoms with Gasteiger partial charge in [-0.2, -0.15) is 0 Å². The fourth-order valence-corrected chi connectivity index (χ4v) is 6.95. The highest BCUT2D eigenvalue weighted by molar-refractivity contribution is 6.30. The van der Waals surface area contributed by atoms with Crippen LogP contribution in [0.3, 0.4) is 0 Å². The Kier molecular flexibility index (Phi) is 7.10. The molecule has 3 aliphatic carbocycles. The molecule has 0 amide bonds. The predicted molar refractivity (Wildman–Crippen MR) is 136 cm³/mol. The smallest absolute Gasteiger partial charge is 0.147 e. The number of carbonyl (C=O) groups is 3. The van der Waals surface area contributed by atoms with Crippen LogP contribution >= 0.6 is 23.2 Å². The van der Waals surface area contributed by atoms with Crippen molar-refractivity contribution in [1.82, 2.24) is 0 Å². The van der Waals surface area contributed by atoms with E-state index in [1.165, 1.54) is 18.2 Å². The third-order valence-electron chi connectivity index (χ3n) is 8.68. The van der Waals surface area contributed by atoms with Gasteiger partial charge in [-0.15, -0.1) is 0 Å². The largest absolute Gasteiger partial charge is 0.393 e. The zero-order valence-electron chi connectivity index (χ0n) is 19.9. The first-order chi connectivity index (χ1) is 17.2. The van der Waals surface area contributed by atoms with E-state index in [1.54, 1.807) is 12.1 Å². The third kappa shape index (κ3) is 4.66. The second-order valence-electron chi connectivity index (χ2n) is 10.8. The number of hydrogen-bond donors (Lipinski definition) is 1. The van der Waals surface area contributed by atoms with Gasteiger partial charge in [0.1, 0.15) is 23.2 Å². The Morgan fingerprint density at radius 2 is 1.58 bits per heavy atom. The summed E-state index contributed by atoms with van der Waals surface area (Å²) in [4.78, 5) is 40.9. The van der Waals surface area contributed by atoms with E-state index in [-0.39, 0.29) is 52.3 Å². The maximum absolute atomic E-state index is 14.8. The maximum Gasteiger partial charge on any atom is 0.147 e. The summed E-state index contributed by atoms with van der Waals surface area (Å²) < 4.78 is 14.8. The minimum absolute atomic E-state index is 0.0590. The van der Waals surface area contributed by atoms with Gasteiger partial charge in [-0.3, -0.25) is 14.4 Å². The molecule has 2 aromatic carbocycles. The molecule has 0 bridgehead atoms. The fourth-order valence-electron chi connectivity index (χ4n) is 6.66. The summed E-state index contributed by atoms with van der Waals surface area (Å²) in [7, 11) is 0. The van der Waals surface area contributed by atoms with Crippen LogP contribution in [0.5, 0.6) is 0 Å². The monoisotopic (exact) mass is 530 g/mol. The summed E-state index contributed by atoms with van der Waals surface area (Å²) in [5.41, 5.74) is 0.107. The van der Waals surface area contributed by atoms with E-state index in [0.29, 0.717) is 50.0 Å². The molecule has 2 aromatic rings. The Bertz CT molecular complexity index is 1180. The summed E-state index contributed by atoms with van der Waals surface area (Å²) in [6.07, 6.45) is 3.15. The molecule has 2 unspecified atom stereocenters. The van der Waals surface area contributed by atoms with Gasteiger partial charge >= 0.3 is 0 Å². The molecule has 0 saturated heterocycles. The predicted octanol–water partition coefficient (Wildman–Crippen LogP) is 6.13. The molecular weight excluding hydrogens is 502 g/mol. The topological polar surface area (TPSA) is 71.4 Å². The lowest BCUT2D eigenvalue weighted by atomic mass is 9.46. The number of Topliss-reactive ketones (excluding diaryl/α,β-unsaturated/α-hetero) is 3. The molecule has 5 rings (SSSR count). The molecule has 7 heteroatoms. The van der Waals surface area contributed by atoms with Crippen molar-refractivity contribution in [3.63, 3.8) is 0 Å². The van der Waals surface area contributed by atoms with Crippen LogP contribution in [0.2, 0.25) is 10.0 Å². The molecule has 0 heterocycles. The SMILES string of the molecule is O=C(C1CCC(O)CC1)C1CC2(C1)C(=O)C(c1ccc(Cl)cc1F)CC(=O)C2Cc1ccc(Cl)cc1. The van der Waals surface area contributed by atoms with E-state index in [4.69, 9.17) is 23.2 Å². The lowest BCUT2D eigenvalue weighted by Gasteiger charge is -2.54. The van der Waals surface area contributed by atoms with Crippen molar-refractivity contribution in [3.05, 3.63) is 69.5 Å². The quantitative estimate of drug-likeness (QED) is 0.504. The van der Waals surface area contributed by atoms with Crippen LogP contribution in [0.4, 0.5) is 4.39 Å². The van der Waals surface area contributed by atoms with Gasteiger partial charge in [0.05, 0.1) is 12.0 Å². The second-order valence-corrected chi connectivity index (χ2v) is 11.7. The molecule has 2 atom stereocenters. The van der Waals surface area contributed by atoms with Crippen LogP contribution in [0.15, 0.2) is 42.5 Å². The molecule has 0 radical (unpaired) electrons. The minimum Gasteiger partial charge on any atom is -0.393 e. The molecule has 36 heavy (non-hydrogen) atoms. The summed E-state index contributed by atoms with van der Waals surface area (Å²) in [5, 5.41) is 10.6. The Morgan fingerprint density at radius 3 is 2.22 bits per heavy atom. The molecule has 3 fully saturated rings. The van der Waals surface area contributed by atoms with E-state index in [2.05, 4.69) is 0 Å². The van der Waals surface area contributed by atoms with Crippen molar-refractivity contribution in [2.24, 2.45) is 23.2 Å². The number of aliphatic hydroxyl groups is 1. The zero-order chi connectivity index (χ0) is 25.6. The molecule has 0 aromatic heterocycles. The Hall–Kier alpha value is -2.08. The van der Waals surface area contributed by atoms with E-state index in [0.717, 1.165) is 5.56 Å². The highest BCUT2D eigenvalue weighted by atomic mass is 35.5. The number of rotatable bonds is 5. The summed E-state index contributed by atoms with van der Waals surface area (Å²) in [5.74, 6) is -2.51. The molecule has 1 spiro atoms. The van der Waals surface area contributed by atoms with E-state index in [1.807, 2.05) is 12.1 Å². The van der Waals surface area contributed by atoms with Crippen LogP contribution in [0.25, 0.3) is 0 Å². The first-order valence-electron chi connectivity index (χ1n) is 12.7. The highest BCUT2D eigenvalue weighted by Gasteiger charge is 2.62. The normalized spacial score (nSPS) is 32.4. The van der Waals surface area contributed by atoms with Crippen LogP contribution in [-0.4, -0.2) is 28.6 Å². The van der Waals surface area contributed by atoms with Crippen LogP contribution in [-0.2, 0) is 20.8 Å². The first kappa shape index (κ1) is 25.6. The molecule has 0 aliphatic heterocycles. The maximum atomic E-state index is 14.8. The van der Waals surface area contributed by atoms with Crippen molar-refractivity contribution >= 4 is 40.6 Å². The van der Waals surface area contributed by atoms with Gasteiger partial charge in [-0.25, -0.2) is 4.39 Å². The number of hydrogen-bond acceptors (Lipinski definition) is 4. The zero-order valence-corrected chi connectivity index (χ0v) is 21.4. The molecule has 4 nitrogen and oxygen atoms in total. The number of ketones is 3. The van der Waals surface area contributed by atoms with Crippen molar-refractivity contribution in [1.29, 1.82) is 0 Å². The van der Waals surface area contributed by atoms with Gasteiger partial charge in [0.2, 0.25) is 0 Å². The average molecular weight is 531 g/mol. The summed E-state index contributed by atoms with van der Waals surface area (Å²) in [6.45, 7) is 0. The van der Waals surface area contributed by atoms with E-state index >= 15 is 0 Å². The number of halogens is 3. The van der Waals surface area contributed by atoms with Crippen molar-refractivity contribution in [2.75, 3.05) is 0 Å². The third-order valence-corrected chi connectivity index (χ3v) is 9.17. The summed E-state index contributed by atoms with van der Waals surface area (Å²) in [6, 6.07) is 11.4. The Morgan fingerprint density at radius 1 is 0.944 bits per heavy atom. The van der Waals surface area contributed by atoms with Gasteiger partial charge in [-0.05, 0) is 80.3 Å². The van der Waals surface area contributed by atoms with Crippen molar-refractivity contribution in [2.45, 2.75) is 63.4 Å². The van der Waals surface area contributed by atoms with Crippen LogP contribution < -0.4 is 0 Å². The Labute approximate surface area is 220 Å². The lowest BCUT2D eigenvalue weighted by molar-refractivity contribution is -0.163. The number of carbonyl (C=O) groups excluding carboxylic acids is 3. The van der Waals surface area contributed by atoms with E-state index < -0.39 is 23.1 Å². The van der Waals surface area contributed by atoms with Gasteiger partial charge in [0.25, 0.3) is 0 Å². The fraction of sp³-hybridized carbons (Fsp3) is 0.483. The second kappa shape index (κ2) is 10.00. The van der Waals surface area contributed by atoms with Gasteiger partial charge in [0, 0.05) is 39.6 Å². The molecular formula is C29H29Cl2FO4. The lowest BCUT2D eigenvalue weighted by Crippen LogP contribution is -2.59. The average Bonchev–Trinajstić information content (AvgIpc) is 2.82. The van der Waals surface area contributed by atoms with Gasteiger partial charge in [0.15, 0.2) is 0 Å². The van der Waals surface area contributed by atoms with Crippen LogP contribution in [0.1, 0.15) is 62.0 Å². The standard InChI is InChI=1S/C29H29Cl2FO4/c30-19-5-1-16(2-6-19)11-24-26(34)13-23(22-10-7-20(31)12-25(22)32)28(36)29(24)14-18(15-29)27(35)17-3-8-21(33)9-4-17/h1-2,5-7,10,12,17-18,21,23-24,33H,3-4,8-9,11,13-15H2. The van der Waals surface area contributed by atoms with Crippen LogP contribution in [0, 0.1) is 29.0 Å². The molecule has 3 aliphatic rings. The van der Waals surface area contributed by atoms with Gasteiger partial charge < -0.3 is 5.11 Å². The van der Waals surface area contributed by atoms with Crippen molar-refractivity contribution in [3.8, 4) is 0 Å². The first-order valence-corrected chi connectivity index (χ1v) is 13.4. The molecule has 3 saturated carbocycles. The number of benzene rings is 2. The summed E-state index contributed by atoms with van der Waals surface area (Å²) >= 11 is 12.0. The van der Waals surface area contributed by atoms with E-state index in [9.17, 15) is 23.9 Å². The number of aliphatic hydroxyl groups excluding tert-OH is 1.